The summed E-state index contributed by atoms with van der Waals surface area (Å²) in [6.07, 6.45) is 3.59. The summed E-state index contributed by atoms with van der Waals surface area (Å²) in [5.74, 6) is 0.554. The molecule has 1 atom stereocenters. The van der Waals surface area contributed by atoms with E-state index in [0.29, 0.717) is 37.0 Å². The molecule has 3 aromatic rings. The van der Waals surface area contributed by atoms with Gasteiger partial charge in [0.25, 0.3) is 5.91 Å². The molecule has 1 aliphatic heterocycles. The van der Waals surface area contributed by atoms with Crippen molar-refractivity contribution in [1.29, 1.82) is 0 Å². The van der Waals surface area contributed by atoms with Gasteiger partial charge < -0.3 is 14.4 Å². The molecule has 1 aliphatic rings. The number of hydrogen-bond acceptors (Lipinski definition) is 5. The summed E-state index contributed by atoms with van der Waals surface area (Å²) in [6.45, 7) is 2.09. The second-order valence-corrected chi connectivity index (χ2v) is 7.93. The lowest BCUT2D eigenvalue weighted by Gasteiger charge is -2.32. The molecule has 1 aromatic heterocycles. The zero-order valence-corrected chi connectivity index (χ0v) is 17.9. The van der Waals surface area contributed by atoms with Crippen molar-refractivity contribution >= 4 is 17.5 Å². The summed E-state index contributed by atoms with van der Waals surface area (Å²) >= 11 is 5.87. The zero-order valence-electron chi connectivity index (χ0n) is 17.2. The highest BCUT2D eigenvalue weighted by Gasteiger charge is 2.25. The first-order valence-corrected chi connectivity index (χ1v) is 10.7. The fourth-order valence-corrected chi connectivity index (χ4v) is 3.62. The summed E-state index contributed by atoms with van der Waals surface area (Å²) in [6, 6.07) is 17.3. The minimum Gasteiger partial charge on any atom is -0.484 e. The molecule has 2 heterocycles. The number of aryl methyl sites for hydroxylation is 2. The predicted molar refractivity (Wildman–Crippen MR) is 117 cm³/mol. The first kappa shape index (κ1) is 21.3. The molecule has 1 amide bonds. The van der Waals surface area contributed by atoms with Crippen molar-refractivity contribution in [3.63, 3.8) is 0 Å². The summed E-state index contributed by atoms with van der Waals surface area (Å²) in [7, 11) is 0. The SMILES string of the molecule is O=C(COc1ccc(Cl)cc1)N1CCOC(Cn2cc(CCc3ccccc3)nn2)C1. The van der Waals surface area contributed by atoms with E-state index in [0.717, 1.165) is 18.5 Å². The third kappa shape index (κ3) is 6.29. The molecule has 31 heavy (non-hydrogen) atoms. The molecule has 0 aliphatic carbocycles. The van der Waals surface area contributed by atoms with Crippen molar-refractivity contribution < 1.29 is 14.3 Å². The van der Waals surface area contributed by atoms with E-state index in [9.17, 15) is 4.79 Å². The van der Waals surface area contributed by atoms with Crippen LogP contribution in [-0.4, -0.2) is 58.2 Å². The summed E-state index contributed by atoms with van der Waals surface area (Å²) in [4.78, 5) is 14.3. The van der Waals surface area contributed by atoms with Crippen molar-refractivity contribution in [3.8, 4) is 5.75 Å². The van der Waals surface area contributed by atoms with Crippen LogP contribution in [-0.2, 0) is 28.9 Å². The maximum Gasteiger partial charge on any atom is 0.260 e. The molecule has 8 heteroatoms. The number of amides is 1. The molecule has 162 valence electrons. The van der Waals surface area contributed by atoms with Gasteiger partial charge in [0, 0.05) is 24.3 Å². The molecule has 0 bridgehead atoms. The van der Waals surface area contributed by atoms with E-state index in [-0.39, 0.29) is 18.6 Å². The molecule has 2 aromatic carbocycles. The van der Waals surface area contributed by atoms with E-state index in [1.807, 2.05) is 24.4 Å². The predicted octanol–water partition coefficient (Wildman–Crippen LogP) is 3.02. The number of rotatable bonds is 8. The lowest BCUT2D eigenvalue weighted by atomic mass is 10.1. The van der Waals surface area contributed by atoms with Gasteiger partial charge in [-0.3, -0.25) is 4.79 Å². The number of nitrogens with zero attached hydrogens (tertiary/aromatic N) is 4. The van der Waals surface area contributed by atoms with E-state index >= 15 is 0 Å². The smallest absolute Gasteiger partial charge is 0.260 e. The molecule has 4 rings (SSSR count). The lowest BCUT2D eigenvalue weighted by Crippen LogP contribution is -2.48. The molecular formula is C23H25ClN4O3. The maximum absolute atomic E-state index is 12.5. The van der Waals surface area contributed by atoms with Gasteiger partial charge in [-0.1, -0.05) is 47.1 Å². The van der Waals surface area contributed by atoms with Gasteiger partial charge in [-0.15, -0.1) is 5.10 Å². The Morgan fingerprint density at radius 2 is 1.94 bits per heavy atom. The van der Waals surface area contributed by atoms with E-state index in [2.05, 4.69) is 22.4 Å². The van der Waals surface area contributed by atoms with Gasteiger partial charge in [-0.25, -0.2) is 4.68 Å². The van der Waals surface area contributed by atoms with E-state index in [1.54, 1.807) is 33.8 Å². The standard InChI is InChI=1S/C23H25ClN4O3/c24-19-7-10-21(11-8-19)31-17-23(29)27-12-13-30-22(15-27)16-28-14-20(25-26-28)9-6-18-4-2-1-3-5-18/h1-5,7-8,10-11,14,22H,6,9,12-13,15-17H2. The first-order valence-electron chi connectivity index (χ1n) is 10.4. The quantitative estimate of drug-likeness (QED) is 0.538. The Morgan fingerprint density at radius 3 is 2.74 bits per heavy atom. The van der Waals surface area contributed by atoms with Gasteiger partial charge in [-0.05, 0) is 42.7 Å². The third-order valence-electron chi connectivity index (χ3n) is 5.16. The number of ether oxygens (including phenoxy) is 2. The lowest BCUT2D eigenvalue weighted by molar-refractivity contribution is -0.141. The van der Waals surface area contributed by atoms with Crippen LogP contribution in [0.4, 0.5) is 0 Å². The summed E-state index contributed by atoms with van der Waals surface area (Å²) in [5.41, 5.74) is 2.23. The average molecular weight is 441 g/mol. The van der Waals surface area contributed by atoms with E-state index < -0.39 is 0 Å². The molecular weight excluding hydrogens is 416 g/mol. The number of morpholine rings is 1. The molecule has 0 N–H and O–H groups in total. The largest absolute Gasteiger partial charge is 0.484 e. The summed E-state index contributed by atoms with van der Waals surface area (Å²) in [5, 5.41) is 9.12. The molecule has 1 fully saturated rings. The van der Waals surface area contributed by atoms with Crippen LogP contribution in [0.25, 0.3) is 0 Å². The van der Waals surface area contributed by atoms with Gasteiger partial charge in [-0.2, -0.15) is 0 Å². The van der Waals surface area contributed by atoms with Gasteiger partial charge in [0.2, 0.25) is 0 Å². The van der Waals surface area contributed by atoms with Crippen LogP contribution >= 0.6 is 11.6 Å². The van der Waals surface area contributed by atoms with Crippen molar-refractivity contribution in [3.05, 3.63) is 77.1 Å². The van der Waals surface area contributed by atoms with Gasteiger partial charge in [0.15, 0.2) is 6.61 Å². The van der Waals surface area contributed by atoms with Crippen LogP contribution in [0.1, 0.15) is 11.3 Å². The molecule has 0 radical (unpaired) electrons. The van der Waals surface area contributed by atoms with Crippen molar-refractivity contribution in [2.45, 2.75) is 25.5 Å². The first-order chi connectivity index (χ1) is 15.2. The number of carbonyl (C=O) groups excluding carboxylic acids is 1. The Labute approximate surface area is 186 Å². The minimum absolute atomic E-state index is 0.0126. The Morgan fingerprint density at radius 1 is 1.13 bits per heavy atom. The Balaban J connectivity index is 1.24. The van der Waals surface area contributed by atoms with Crippen LogP contribution in [0.3, 0.4) is 0 Å². The number of aromatic nitrogens is 3. The Hall–Kier alpha value is -2.90. The van der Waals surface area contributed by atoms with Crippen LogP contribution in [0.15, 0.2) is 60.8 Å². The molecule has 7 nitrogen and oxygen atoms in total. The fourth-order valence-electron chi connectivity index (χ4n) is 3.49. The van der Waals surface area contributed by atoms with E-state index in [4.69, 9.17) is 21.1 Å². The zero-order chi connectivity index (χ0) is 21.5. The molecule has 1 unspecified atom stereocenters. The number of benzene rings is 2. The second kappa shape index (κ2) is 10.4. The topological polar surface area (TPSA) is 69.5 Å². The van der Waals surface area contributed by atoms with Crippen LogP contribution in [0.2, 0.25) is 5.02 Å². The molecule has 1 saturated heterocycles. The Bertz CT molecular complexity index is 978. The van der Waals surface area contributed by atoms with Gasteiger partial charge >= 0.3 is 0 Å². The third-order valence-corrected chi connectivity index (χ3v) is 5.41. The monoisotopic (exact) mass is 440 g/mol. The average Bonchev–Trinajstić information content (AvgIpc) is 3.25. The van der Waals surface area contributed by atoms with Gasteiger partial charge in [0.05, 0.1) is 24.9 Å². The molecule has 0 spiro atoms. The maximum atomic E-state index is 12.5. The van der Waals surface area contributed by atoms with Crippen LogP contribution in [0.5, 0.6) is 5.75 Å². The highest BCUT2D eigenvalue weighted by molar-refractivity contribution is 6.30. The van der Waals surface area contributed by atoms with E-state index in [1.165, 1.54) is 5.56 Å². The normalized spacial score (nSPS) is 16.3. The number of carbonyl (C=O) groups is 1. The highest BCUT2D eigenvalue weighted by Crippen LogP contribution is 2.16. The fraction of sp³-hybridized carbons (Fsp3) is 0.348. The van der Waals surface area contributed by atoms with Crippen LogP contribution < -0.4 is 4.74 Å². The minimum atomic E-state index is -0.128. The number of halogens is 1. The van der Waals surface area contributed by atoms with Crippen LogP contribution in [0, 0.1) is 0 Å². The van der Waals surface area contributed by atoms with Gasteiger partial charge in [0.1, 0.15) is 5.75 Å². The second-order valence-electron chi connectivity index (χ2n) is 7.49. The Kier molecular flexibility index (Phi) is 7.17. The molecule has 0 saturated carbocycles. The van der Waals surface area contributed by atoms with Crippen molar-refractivity contribution in [1.82, 2.24) is 19.9 Å². The van der Waals surface area contributed by atoms with Crippen molar-refractivity contribution in [2.24, 2.45) is 0 Å². The number of hydrogen-bond donors (Lipinski definition) is 0. The summed E-state index contributed by atoms with van der Waals surface area (Å²) < 4.78 is 13.2. The van der Waals surface area contributed by atoms with Crippen molar-refractivity contribution in [2.75, 3.05) is 26.3 Å². The highest BCUT2D eigenvalue weighted by atomic mass is 35.5.